The lowest BCUT2D eigenvalue weighted by Crippen LogP contribution is -2.33. The van der Waals surface area contributed by atoms with Crippen LogP contribution in [0.15, 0.2) is 31.9 Å². The second-order valence-electron chi connectivity index (χ2n) is 7.35. The van der Waals surface area contributed by atoms with Gasteiger partial charge < -0.3 is 20.5 Å². The largest absolute Gasteiger partial charge is 0.496 e. The van der Waals surface area contributed by atoms with E-state index in [4.69, 9.17) is 20.3 Å². The first-order valence-electron chi connectivity index (χ1n) is 9.99. The number of rotatable bonds is 5. The molecule has 11 heteroatoms. The number of aromatic nitrogens is 1. The highest BCUT2D eigenvalue weighted by atomic mass is 32.2. The average molecular weight is 444 g/mol. The third-order valence-electron chi connectivity index (χ3n) is 5.30. The van der Waals surface area contributed by atoms with Gasteiger partial charge in [0.1, 0.15) is 24.1 Å². The summed E-state index contributed by atoms with van der Waals surface area (Å²) in [5.74, 6) is 1.69. The van der Waals surface area contributed by atoms with E-state index < -0.39 is 12.2 Å². The Bertz CT molecular complexity index is 1050. The molecule has 31 heavy (non-hydrogen) atoms. The number of hydrogen-bond donors (Lipinski definition) is 2. The molecule has 164 valence electrons. The second kappa shape index (κ2) is 8.58. The van der Waals surface area contributed by atoms with Crippen LogP contribution in [0.1, 0.15) is 30.2 Å². The molecule has 0 radical (unpaired) electrons. The molecule has 0 spiro atoms. The van der Waals surface area contributed by atoms with E-state index in [0.717, 1.165) is 39.4 Å². The van der Waals surface area contributed by atoms with Gasteiger partial charge in [-0.15, -0.1) is 0 Å². The van der Waals surface area contributed by atoms with Crippen molar-refractivity contribution in [2.75, 3.05) is 19.4 Å². The molecule has 1 atom stereocenters. The van der Waals surface area contributed by atoms with E-state index in [0.29, 0.717) is 36.8 Å². The van der Waals surface area contributed by atoms with Crippen molar-refractivity contribution in [2.24, 2.45) is 20.3 Å². The van der Waals surface area contributed by atoms with Crippen LogP contribution in [0.5, 0.6) is 5.75 Å². The van der Waals surface area contributed by atoms with Crippen LogP contribution >= 0.6 is 11.9 Å². The van der Waals surface area contributed by atoms with E-state index in [1.165, 1.54) is 11.9 Å². The highest BCUT2D eigenvalue weighted by molar-refractivity contribution is 7.98. The summed E-state index contributed by atoms with van der Waals surface area (Å²) < 4.78 is 15.5. The molecule has 1 amide bonds. The lowest BCUT2D eigenvalue weighted by molar-refractivity contribution is 0.120. The number of ether oxygens (including phenoxy) is 2. The van der Waals surface area contributed by atoms with Crippen molar-refractivity contribution in [3.8, 4) is 5.75 Å². The van der Waals surface area contributed by atoms with Gasteiger partial charge in [-0.05, 0) is 38.3 Å². The highest BCUT2D eigenvalue weighted by Gasteiger charge is 2.40. The van der Waals surface area contributed by atoms with Crippen LogP contribution in [0.4, 0.5) is 4.79 Å². The van der Waals surface area contributed by atoms with Gasteiger partial charge in [-0.3, -0.25) is 4.98 Å². The monoisotopic (exact) mass is 443 g/mol. The van der Waals surface area contributed by atoms with Crippen molar-refractivity contribution in [1.29, 1.82) is 0 Å². The van der Waals surface area contributed by atoms with Gasteiger partial charge >= 0.3 is 6.09 Å². The van der Waals surface area contributed by atoms with Crippen LogP contribution in [-0.4, -0.2) is 59.0 Å². The zero-order chi connectivity index (χ0) is 22.1. The number of carbonyl (C=O) groups excluding carboxylic acids is 1. The van der Waals surface area contributed by atoms with Crippen LogP contribution in [0.2, 0.25) is 0 Å². The van der Waals surface area contributed by atoms with E-state index in [1.807, 2.05) is 20.8 Å². The summed E-state index contributed by atoms with van der Waals surface area (Å²) in [7, 11) is 1.65. The molecule has 1 unspecified atom stereocenters. The fourth-order valence-electron chi connectivity index (χ4n) is 3.88. The molecule has 1 aromatic heterocycles. The Morgan fingerprint density at radius 1 is 1.39 bits per heavy atom. The number of alkyl carbamates (subject to hydrolysis) is 1. The molecule has 3 N–H and O–H groups in total. The Hall–Kier alpha value is -3.08. The van der Waals surface area contributed by atoms with Gasteiger partial charge in [0.05, 0.1) is 18.5 Å². The SMILES string of the molecule is CCNC(=O)OC1CC2=NN(Cc3ncc(C)c(OC)c3C)N=C3C(N)=NSCC1=C23. The zero-order valence-electron chi connectivity index (χ0n) is 17.9. The smallest absolute Gasteiger partial charge is 0.407 e. The van der Waals surface area contributed by atoms with Crippen molar-refractivity contribution >= 4 is 35.3 Å². The summed E-state index contributed by atoms with van der Waals surface area (Å²) in [5, 5.41) is 13.6. The minimum atomic E-state index is -0.454. The summed E-state index contributed by atoms with van der Waals surface area (Å²) in [5.41, 5.74) is 12.0. The maximum Gasteiger partial charge on any atom is 0.407 e. The van der Waals surface area contributed by atoms with Crippen LogP contribution in [0.25, 0.3) is 0 Å². The fourth-order valence-corrected chi connectivity index (χ4v) is 4.64. The molecular formula is C20H25N7O3S. The van der Waals surface area contributed by atoms with Crippen molar-refractivity contribution in [3.63, 3.8) is 0 Å². The molecule has 1 aliphatic carbocycles. The Morgan fingerprint density at radius 3 is 2.94 bits per heavy atom. The predicted molar refractivity (Wildman–Crippen MR) is 120 cm³/mol. The molecule has 0 bridgehead atoms. The van der Waals surface area contributed by atoms with Gasteiger partial charge in [0.25, 0.3) is 0 Å². The maximum atomic E-state index is 12.0. The molecular weight excluding hydrogens is 418 g/mol. The highest BCUT2D eigenvalue weighted by Crippen LogP contribution is 2.36. The number of nitrogens with two attached hydrogens (primary N) is 1. The van der Waals surface area contributed by atoms with Crippen molar-refractivity contribution in [3.05, 3.63) is 34.2 Å². The van der Waals surface area contributed by atoms with Crippen LogP contribution < -0.4 is 15.8 Å². The molecule has 10 nitrogen and oxygen atoms in total. The van der Waals surface area contributed by atoms with Crippen LogP contribution in [0, 0.1) is 13.8 Å². The molecule has 0 fully saturated rings. The summed E-state index contributed by atoms with van der Waals surface area (Å²) >= 11 is 1.32. The molecule has 0 saturated carbocycles. The van der Waals surface area contributed by atoms with Crippen molar-refractivity contribution in [2.45, 2.75) is 39.8 Å². The molecule has 3 heterocycles. The number of methoxy groups -OCH3 is 1. The number of amides is 1. The van der Waals surface area contributed by atoms with Gasteiger partial charge in [-0.25, -0.2) is 4.79 Å². The van der Waals surface area contributed by atoms with Gasteiger partial charge in [0.2, 0.25) is 0 Å². The zero-order valence-corrected chi connectivity index (χ0v) is 18.7. The normalized spacial score (nSPS) is 19.8. The standard InChI is InChI=1S/C20H25N7O3S/c1-5-22-20(28)30-15-6-13-16-12(15)9-31-26-19(21)17(16)25-27(24-13)8-14-11(3)18(29-4)10(2)7-23-14/h7,15H,5-6,8-9H2,1-4H3,(H2,21,26)(H,22,28). The summed E-state index contributed by atoms with van der Waals surface area (Å²) in [6.07, 6.45) is 1.37. The minimum absolute atomic E-state index is 0.331. The molecule has 1 aromatic rings. The van der Waals surface area contributed by atoms with Crippen molar-refractivity contribution in [1.82, 2.24) is 15.4 Å². The van der Waals surface area contributed by atoms with E-state index in [2.05, 4.69) is 19.8 Å². The van der Waals surface area contributed by atoms with E-state index >= 15 is 0 Å². The van der Waals surface area contributed by atoms with Gasteiger partial charge in [0.15, 0.2) is 5.84 Å². The Morgan fingerprint density at radius 2 is 2.19 bits per heavy atom. The maximum absolute atomic E-state index is 12.0. The van der Waals surface area contributed by atoms with Crippen LogP contribution in [-0.2, 0) is 11.3 Å². The predicted octanol–water partition coefficient (Wildman–Crippen LogP) is 2.07. The first-order valence-corrected chi connectivity index (χ1v) is 10.9. The number of nitrogens with zero attached hydrogens (tertiary/aromatic N) is 5. The van der Waals surface area contributed by atoms with Crippen LogP contribution in [0.3, 0.4) is 0 Å². The van der Waals surface area contributed by atoms with E-state index in [1.54, 1.807) is 18.4 Å². The van der Waals surface area contributed by atoms with E-state index in [9.17, 15) is 4.79 Å². The number of carbonyl (C=O) groups is 1. The Labute approximate surface area is 184 Å². The third-order valence-corrected chi connectivity index (χ3v) is 6.07. The molecule has 2 aliphatic heterocycles. The van der Waals surface area contributed by atoms with Crippen molar-refractivity contribution < 1.29 is 14.3 Å². The Kier molecular flexibility index (Phi) is 5.86. The molecule has 0 aromatic carbocycles. The quantitative estimate of drug-likeness (QED) is 0.667. The number of hydrazone groups is 2. The molecule has 4 rings (SSSR count). The first-order chi connectivity index (χ1) is 14.9. The number of aryl methyl sites for hydroxylation is 1. The number of pyridine rings is 1. The number of nitrogens with one attached hydrogen (secondary N) is 1. The molecule has 3 aliphatic rings. The topological polar surface area (TPSA) is 127 Å². The van der Waals surface area contributed by atoms with Gasteiger partial charge in [0, 0.05) is 41.6 Å². The number of amidine groups is 1. The first kappa shape index (κ1) is 21.2. The number of hydrogen-bond acceptors (Lipinski definition) is 10. The summed E-state index contributed by atoms with van der Waals surface area (Å²) in [6, 6.07) is 0. The average Bonchev–Trinajstić information content (AvgIpc) is 2.96. The van der Waals surface area contributed by atoms with E-state index in [-0.39, 0.29) is 0 Å². The lowest BCUT2D eigenvalue weighted by Gasteiger charge is -2.23. The second-order valence-corrected chi connectivity index (χ2v) is 8.08. The fraction of sp³-hybridized carbons (Fsp3) is 0.450. The van der Waals surface area contributed by atoms with Gasteiger partial charge in [-0.1, -0.05) is 0 Å². The minimum Gasteiger partial charge on any atom is -0.496 e. The Balaban J connectivity index is 1.67. The lowest BCUT2D eigenvalue weighted by atomic mass is 10.0. The summed E-state index contributed by atoms with van der Waals surface area (Å²) in [6.45, 7) is 6.61. The molecule has 0 saturated heterocycles. The third kappa shape index (κ3) is 3.97. The van der Waals surface area contributed by atoms with Gasteiger partial charge in [-0.2, -0.15) is 19.7 Å². The summed E-state index contributed by atoms with van der Waals surface area (Å²) in [4.78, 5) is 16.6.